The quantitative estimate of drug-likeness (QED) is 0.619. The number of fused-ring (bicyclic) bond motifs is 1. The molecule has 0 spiro atoms. The molecule has 0 N–H and O–H groups in total. The van der Waals surface area contributed by atoms with Crippen molar-refractivity contribution >= 4 is 23.2 Å². The predicted molar refractivity (Wildman–Crippen MR) is 49.6 cm³/mol. The van der Waals surface area contributed by atoms with Gasteiger partial charge in [0.25, 0.3) is 0 Å². The fraction of sp³-hybridized carbons (Fsp3) is 0.111. The Bertz CT molecular complexity index is 271. The van der Waals surface area contributed by atoms with Crippen molar-refractivity contribution in [3.05, 3.63) is 41.5 Å². The molecule has 12 heavy (non-hydrogen) atoms. The van der Waals surface area contributed by atoms with Crippen LogP contribution in [0, 0.1) is 6.08 Å². The molecule has 0 aromatic heterocycles. The summed E-state index contributed by atoms with van der Waals surface area (Å²) >= 11 is -0.972. The molecule has 1 aliphatic carbocycles. The van der Waals surface area contributed by atoms with E-state index in [1.165, 1.54) is 11.1 Å². The van der Waals surface area contributed by atoms with Crippen LogP contribution in [0.5, 0.6) is 0 Å². The molecule has 0 amide bonds. The normalized spacial score (nSPS) is 11.5. The fourth-order valence-electron chi connectivity index (χ4n) is 1.11. The third kappa shape index (κ3) is 3.04. The van der Waals surface area contributed by atoms with E-state index < -0.39 is 20.5 Å². The van der Waals surface area contributed by atoms with E-state index in [9.17, 15) is 0 Å². The SMILES string of the molecule is [C]1=Cc2ccccc2C1.[Cl][Hf][Cl]. The van der Waals surface area contributed by atoms with E-state index in [1.807, 2.05) is 0 Å². The monoisotopic (exact) mass is 365 g/mol. The summed E-state index contributed by atoms with van der Waals surface area (Å²) in [7, 11) is 9.92. The topological polar surface area (TPSA) is 0 Å². The van der Waals surface area contributed by atoms with E-state index >= 15 is 0 Å². The third-order valence-electron chi connectivity index (χ3n) is 1.61. The Morgan fingerprint density at radius 2 is 1.92 bits per heavy atom. The predicted octanol–water partition coefficient (Wildman–Crippen LogP) is 3.44. The van der Waals surface area contributed by atoms with Crippen LogP contribution in [-0.4, -0.2) is 0 Å². The van der Waals surface area contributed by atoms with Crippen LogP contribution in [0.4, 0.5) is 0 Å². The van der Waals surface area contributed by atoms with Crippen LogP contribution < -0.4 is 0 Å². The number of allylic oxidation sites excluding steroid dienone is 1. The molecule has 1 aromatic rings. The van der Waals surface area contributed by atoms with Gasteiger partial charge in [0.15, 0.2) is 0 Å². The molecule has 0 heterocycles. The van der Waals surface area contributed by atoms with Crippen LogP contribution >= 0.6 is 17.2 Å². The van der Waals surface area contributed by atoms with Crippen molar-refractivity contribution in [3.8, 4) is 0 Å². The summed E-state index contributed by atoms with van der Waals surface area (Å²) in [6.07, 6.45) is 6.21. The minimum atomic E-state index is -0.972. The van der Waals surface area contributed by atoms with Gasteiger partial charge < -0.3 is 0 Å². The van der Waals surface area contributed by atoms with Gasteiger partial charge in [-0.25, -0.2) is 0 Å². The molecule has 0 saturated heterocycles. The first-order valence-corrected chi connectivity index (χ1v) is 12.4. The summed E-state index contributed by atoms with van der Waals surface area (Å²) in [6, 6.07) is 8.39. The average molecular weight is 365 g/mol. The molecule has 0 saturated carbocycles. The molecule has 0 nitrogen and oxygen atoms in total. The van der Waals surface area contributed by atoms with Crippen LogP contribution in [0.2, 0.25) is 0 Å². The molecule has 0 unspecified atom stereocenters. The zero-order chi connectivity index (χ0) is 8.81. The fourth-order valence-corrected chi connectivity index (χ4v) is 1.11. The molecular formula is C9H7Cl2Hf. The van der Waals surface area contributed by atoms with Crippen LogP contribution in [-0.2, 0) is 27.0 Å². The van der Waals surface area contributed by atoms with Gasteiger partial charge >= 0.3 is 37.7 Å². The Hall–Kier alpha value is 0.410. The Morgan fingerprint density at radius 3 is 2.58 bits per heavy atom. The van der Waals surface area contributed by atoms with Gasteiger partial charge in [-0.3, -0.25) is 0 Å². The second-order valence-electron chi connectivity index (χ2n) is 2.30. The van der Waals surface area contributed by atoms with E-state index in [0.29, 0.717) is 0 Å². The Morgan fingerprint density at radius 1 is 1.25 bits per heavy atom. The summed E-state index contributed by atoms with van der Waals surface area (Å²) in [5.41, 5.74) is 2.73. The minimum absolute atomic E-state index is 0.972. The Balaban J connectivity index is 0.000000213. The average Bonchev–Trinajstić information content (AvgIpc) is 2.52. The van der Waals surface area contributed by atoms with Crippen LogP contribution in [0.25, 0.3) is 6.08 Å². The van der Waals surface area contributed by atoms with Crippen molar-refractivity contribution < 1.29 is 20.5 Å². The van der Waals surface area contributed by atoms with Crippen LogP contribution in [0.3, 0.4) is 0 Å². The first-order valence-electron chi connectivity index (χ1n) is 3.49. The molecule has 1 radical (unpaired) electrons. The van der Waals surface area contributed by atoms with Crippen molar-refractivity contribution in [2.45, 2.75) is 6.42 Å². The van der Waals surface area contributed by atoms with Gasteiger partial charge in [0, 0.05) is 0 Å². The van der Waals surface area contributed by atoms with Crippen molar-refractivity contribution in [1.29, 1.82) is 0 Å². The number of rotatable bonds is 0. The van der Waals surface area contributed by atoms with Gasteiger partial charge in [-0.05, 0) is 23.6 Å². The number of hydrogen-bond acceptors (Lipinski definition) is 0. The van der Waals surface area contributed by atoms with Crippen molar-refractivity contribution in [3.63, 3.8) is 0 Å². The number of benzene rings is 1. The zero-order valence-corrected chi connectivity index (χ0v) is 11.5. The summed E-state index contributed by atoms with van der Waals surface area (Å²) in [5.74, 6) is 0. The first kappa shape index (κ1) is 10.5. The second-order valence-corrected chi connectivity index (χ2v) is 7.49. The van der Waals surface area contributed by atoms with Gasteiger partial charge in [0.05, 0.1) is 0 Å². The molecule has 61 valence electrons. The van der Waals surface area contributed by atoms with Crippen LogP contribution in [0.15, 0.2) is 24.3 Å². The zero-order valence-electron chi connectivity index (χ0n) is 6.35. The molecule has 1 aromatic carbocycles. The van der Waals surface area contributed by atoms with Gasteiger partial charge in [-0.15, -0.1) is 0 Å². The summed E-state index contributed by atoms with van der Waals surface area (Å²) < 4.78 is 0. The molecule has 0 aliphatic heterocycles. The third-order valence-corrected chi connectivity index (χ3v) is 1.61. The molecule has 0 atom stereocenters. The van der Waals surface area contributed by atoms with Gasteiger partial charge in [0.1, 0.15) is 0 Å². The summed E-state index contributed by atoms with van der Waals surface area (Å²) in [5, 5.41) is 0. The van der Waals surface area contributed by atoms with Crippen molar-refractivity contribution in [2.24, 2.45) is 0 Å². The molecule has 1 aliphatic rings. The van der Waals surface area contributed by atoms with Crippen LogP contribution in [0.1, 0.15) is 11.1 Å². The van der Waals surface area contributed by atoms with Crippen molar-refractivity contribution in [2.75, 3.05) is 0 Å². The summed E-state index contributed by atoms with van der Waals surface area (Å²) in [6.45, 7) is 0. The maximum absolute atomic E-state index is 4.96. The number of hydrogen-bond donors (Lipinski definition) is 0. The molecule has 2 rings (SSSR count). The molecular weight excluding hydrogens is 357 g/mol. The van der Waals surface area contributed by atoms with E-state index in [4.69, 9.17) is 17.2 Å². The van der Waals surface area contributed by atoms with Gasteiger partial charge in [-0.1, -0.05) is 30.3 Å². The van der Waals surface area contributed by atoms with E-state index in [0.717, 1.165) is 6.42 Å². The molecule has 0 fully saturated rings. The maximum atomic E-state index is 4.96. The Labute approximate surface area is 91.1 Å². The molecule has 0 bridgehead atoms. The van der Waals surface area contributed by atoms with Gasteiger partial charge in [-0.2, -0.15) is 0 Å². The summed E-state index contributed by atoms with van der Waals surface area (Å²) in [4.78, 5) is 0. The van der Waals surface area contributed by atoms with Crippen molar-refractivity contribution in [1.82, 2.24) is 0 Å². The standard InChI is InChI=1S/C9H7.2ClH.Hf/c1-2-5-9-7-3-6-8(9)4-1;;;/h1-2,4-6H,7H2;2*1H;/q;;;+2/p-2. The molecule has 3 heteroatoms. The second kappa shape index (κ2) is 5.95. The first-order chi connectivity index (χ1) is 5.88. The Kier molecular flexibility index (Phi) is 5.21. The van der Waals surface area contributed by atoms with E-state index in [-0.39, 0.29) is 0 Å². The van der Waals surface area contributed by atoms with E-state index in [2.05, 4.69) is 36.4 Å². The van der Waals surface area contributed by atoms with E-state index in [1.54, 1.807) is 0 Å². The number of halogens is 2. The van der Waals surface area contributed by atoms with Gasteiger partial charge in [0.2, 0.25) is 0 Å².